The molecule has 0 bridgehead atoms. The van der Waals surface area contributed by atoms with Crippen molar-refractivity contribution >= 4 is 38.4 Å². The first kappa shape index (κ1) is 13.3. The predicted molar refractivity (Wildman–Crippen MR) is 87.4 cm³/mol. The number of anilines is 1. The number of thiazole rings is 1. The highest BCUT2D eigenvalue weighted by Gasteiger charge is 2.31. The molecule has 0 atom stereocenters. The van der Waals surface area contributed by atoms with Crippen LogP contribution in [0.5, 0.6) is 0 Å². The summed E-state index contributed by atoms with van der Waals surface area (Å²) in [5, 5.41) is 4.65. The summed E-state index contributed by atoms with van der Waals surface area (Å²) in [7, 11) is 0. The van der Waals surface area contributed by atoms with Gasteiger partial charge in [0.15, 0.2) is 5.13 Å². The van der Waals surface area contributed by atoms with Crippen LogP contribution in [0.2, 0.25) is 0 Å². The van der Waals surface area contributed by atoms with Gasteiger partial charge in [0.2, 0.25) is 0 Å². The van der Waals surface area contributed by atoms with Gasteiger partial charge in [0.1, 0.15) is 0 Å². The van der Waals surface area contributed by atoms with Gasteiger partial charge < -0.3 is 5.32 Å². The second-order valence-corrected chi connectivity index (χ2v) is 7.59. The first-order chi connectivity index (χ1) is 9.31. The lowest BCUT2D eigenvalue weighted by atomic mass is 9.88. The maximum absolute atomic E-state index is 4.66. The molecule has 0 aliphatic heterocycles. The van der Waals surface area contributed by atoms with Crippen LogP contribution in [-0.2, 0) is 0 Å². The second-order valence-electron chi connectivity index (χ2n) is 5.29. The zero-order valence-corrected chi connectivity index (χ0v) is 12.9. The van der Waals surface area contributed by atoms with Crippen LogP contribution in [0.15, 0.2) is 24.3 Å². The van der Waals surface area contributed by atoms with Crippen molar-refractivity contribution in [1.82, 2.24) is 4.98 Å². The quantitative estimate of drug-likeness (QED) is 0.878. The van der Waals surface area contributed by atoms with Gasteiger partial charge in [-0.3, -0.25) is 0 Å². The van der Waals surface area contributed by atoms with Crippen LogP contribution in [0.1, 0.15) is 32.1 Å². The number of thioether (sulfide) groups is 1. The predicted octanol–water partition coefficient (Wildman–Crippen LogP) is 4.77. The monoisotopic (exact) mass is 292 g/mol. The number of aromatic nitrogens is 1. The van der Waals surface area contributed by atoms with Gasteiger partial charge >= 0.3 is 0 Å². The average Bonchev–Trinajstić information content (AvgIpc) is 2.89. The number of fused-ring (bicyclic) bond motifs is 1. The van der Waals surface area contributed by atoms with Gasteiger partial charge in [-0.2, -0.15) is 11.8 Å². The van der Waals surface area contributed by atoms with E-state index in [-0.39, 0.29) is 0 Å². The third kappa shape index (κ3) is 2.90. The van der Waals surface area contributed by atoms with E-state index < -0.39 is 0 Å². The van der Waals surface area contributed by atoms with Crippen LogP contribution < -0.4 is 5.32 Å². The Labute approximate surface area is 123 Å². The van der Waals surface area contributed by atoms with E-state index in [2.05, 4.69) is 40.8 Å². The second kappa shape index (κ2) is 5.71. The number of nitrogens with zero attached hydrogens (tertiary/aromatic N) is 1. The summed E-state index contributed by atoms with van der Waals surface area (Å²) in [6.07, 6.45) is 9.09. The number of rotatable bonds is 4. The van der Waals surface area contributed by atoms with Gasteiger partial charge in [-0.15, -0.1) is 0 Å². The molecule has 0 unspecified atom stereocenters. The van der Waals surface area contributed by atoms with E-state index in [1.807, 2.05) is 11.8 Å². The molecule has 1 fully saturated rings. The van der Waals surface area contributed by atoms with E-state index in [9.17, 15) is 0 Å². The highest BCUT2D eigenvalue weighted by Crippen LogP contribution is 2.39. The van der Waals surface area contributed by atoms with E-state index >= 15 is 0 Å². The molecular weight excluding hydrogens is 272 g/mol. The Kier molecular flexibility index (Phi) is 3.99. The van der Waals surface area contributed by atoms with Crippen molar-refractivity contribution in [2.24, 2.45) is 0 Å². The van der Waals surface area contributed by atoms with Gasteiger partial charge in [-0.25, -0.2) is 4.98 Å². The van der Waals surface area contributed by atoms with Crippen molar-refractivity contribution in [3.63, 3.8) is 0 Å². The van der Waals surface area contributed by atoms with E-state index in [4.69, 9.17) is 0 Å². The SMILES string of the molecule is CSC1(CNc2nc3ccccc3s2)CCCCC1. The standard InChI is InChI=1S/C15H20N2S2/c1-18-15(9-5-2-6-10-15)11-16-14-17-12-7-3-4-8-13(12)19-14/h3-4,7-8H,2,5-6,9-11H2,1H3,(H,16,17). The molecule has 1 aliphatic carbocycles. The summed E-state index contributed by atoms with van der Waals surface area (Å²) in [4.78, 5) is 4.66. The van der Waals surface area contributed by atoms with Crippen molar-refractivity contribution in [3.05, 3.63) is 24.3 Å². The number of hydrogen-bond donors (Lipinski definition) is 1. The Morgan fingerprint density at radius 3 is 2.79 bits per heavy atom. The first-order valence-electron chi connectivity index (χ1n) is 6.96. The zero-order valence-electron chi connectivity index (χ0n) is 11.3. The topological polar surface area (TPSA) is 24.9 Å². The summed E-state index contributed by atoms with van der Waals surface area (Å²) in [6.45, 7) is 1.05. The Hall–Kier alpha value is -0.740. The Bertz CT molecular complexity index is 511. The fraction of sp³-hybridized carbons (Fsp3) is 0.533. The fourth-order valence-corrected chi connectivity index (χ4v) is 4.61. The van der Waals surface area contributed by atoms with E-state index in [0.29, 0.717) is 4.75 Å². The van der Waals surface area contributed by atoms with E-state index in [0.717, 1.165) is 17.2 Å². The molecule has 3 rings (SSSR count). The highest BCUT2D eigenvalue weighted by atomic mass is 32.2. The number of hydrogen-bond acceptors (Lipinski definition) is 4. The molecule has 0 amide bonds. The molecule has 1 aromatic heterocycles. The maximum atomic E-state index is 4.66. The Balaban J connectivity index is 1.70. The summed E-state index contributed by atoms with van der Waals surface area (Å²) in [6, 6.07) is 8.36. The van der Waals surface area contributed by atoms with Crippen LogP contribution in [0.3, 0.4) is 0 Å². The molecule has 0 spiro atoms. The van der Waals surface area contributed by atoms with E-state index in [1.54, 1.807) is 11.3 Å². The van der Waals surface area contributed by atoms with Crippen LogP contribution in [-0.4, -0.2) is 22.5 Å². The van der Waals surface area contributed by atoms with Crippen LogP contribution >= 0.6 is 23.1 Å². The van der Waals surface area contributed by atoms with Crippen molar-refractivity contribution in [2.45, 2.75) is 36.9 Å². The molecule has 1 aliphatic rings. The van der Waals surface area contributed by atoms with Crippen molar-refractivity contribution in [2.75, 3.05) is 18.1 Å². The van der Waals surface area contributed by atoms with Crippen molar-refractivity contribution in [3.8, 4) is 0 Å². The first-order valence-corrected chi connectivity index (χ1v) is 9.00. The van der Waals surface area contributed by atoms with Gasteiger partial charge in [0.25, 0.3) is 0 Å². The van der Waals surface area contributed by atoms with Crippen LogP contribution in [0, 0.1) is 0 Å². The van der Waals surface area contributed by atoms with Crippen molar-refractivity contribution < 1.29 is 0 Å². The smallest absolute Gasteiger partial charge is 0.183 e. The number of nitrogens with one attached hydrogen (secondary N) is 1. The van der Waals surface area contributed by atoms with Crippen LogP contribution in [0.4, 0.5) is 5.13 Å². The maximum Gasteiger partial charge on any atom is 0.183 e. The zero-order chi connectivity index (χ0) is 13.1. The lowest BCUT2D eigenvalue weighted by Crippen LogP contribution is -2.35. The highest BCUT2D eigenvalue weighted by molar-refractivity contribution is 8.00. The van der Waals surface area contributed by atoms with Gasteiger partial charge in [-0.1, -0.05) is 42.7 Å². The molecular formula is C15H20N2S2. The lowest BCUT2D eigenvalue weighted by Gasteiger charge is -2.35. The molecule has 2 nitrogen and oxygen atoms in total. The molecule has 1 N–H and O–H groups in total. The Morgan fingerprint density at radius 1 is 1.26 bits per heavy atom. The van der Waals surface area contributed by atoms with Gasteiger partial charge in [0.05, 0.1) is 10.2 Å². The molecule has 1 heterocycles. The molecule has 1 saturated carbocycles. The molecule has 1 aromatic carbocycles. The minimum atomic E-state index is 0.427. The molecule has 0 radical (unpaired) electrons. The third-order valence-corrected chi connectivity index (χ3v) is 6.47. The summed E-state index contributed by atoms with van der Waals surface area (Å²) >= 11 is 3.80. The summed E-state index contributed by atoms with van der Waals surface area (Å²) in [5.74, 6) is 0. The number of para-hydroxylation sites is 1. The molecule has 0 saturated heterocycles. The lowest BCUT2D eigenvalue weighted by molar-refractivity contribution is 0.411. The minimum absolute atomic E-state index is 0.427. The molecule has 19 heavy (non-hydrogen) atoms. The molecule has 4 heteroatoms. The van der Waals surface area contributed by atoms with Gasteiger partial charge in [-0.05, 0) is 31.2 Å². The average molecular weight is 292 g/mol. The fourth-order valence-electron chi connectivity index (χ4n) is 2.83. The van der Waals surface area contributed by atoms with Crippen molar-refractivity contribution in [1.29, 1.82) is 0 Å². The summed E-state index contributed by atoms with van der Waals surface area (Å²) in [5.41, 5.74) is 1.11. The third-order valence-electron chi connectivity index (χ3n) is 4.05. The summed E-state index contributed by atoms with van der Waals surface area (Å²) < 4.78 is 1.70. The van der Waals surface area contributed by atoms with Gasteiger partial charge in [0, 0.05) is 11.3 Å². The number of benzene rings is 1. The van der Waals surface area contributed by atoms with Crippen LogP contribution in [0.25, 0.3) is 10.2 Å². The largest absolute Gasteiger partial charge is 0.360 e. The Morgan fingerprint density at radius 2 is 2.05 bits per heavy atom. The molecule has 102 valence electrons. The van der Waals surface area contributed by atoms with E-state index in [1.165, 1.54) is 36.8 Å². The minimum Gasteiger partial charge on any atom is -0.360 e. The normalized spacial score (nSPS) is 18.6. The molecule has 2 aromatic rings.